The zero-order valence-electron chi connectivity index (χ0n) is 16.1. The first-order valence-electron chi connectivity index (χ1n) is 9.84. The Morgan fingerprint density at radius 2 is 1.76 bits per heavy atom. The molecule has 29 heavy (non-hydrogen) atoms. The molecule has 1 saturated heterocycles. The Balaban J connectivity index is 1.45. The summed E-state index contributed by atoms with van der Waals surface area (Å²) in [7, 11) is -3.61. The number of sulfonamides is 1. The number of carbonyl (C=O) groups excluding carboxylic acids is 1. The minimum Gasteiger partial charge on any atom is -0.379 e. The highest BCUT2D eigenvalue weighted by atomic mass is 32.2. The molecular formula is C21H25N3O4S. The van der Waals surface area contributed by atoms with Crippen molar-refractivity contribution in [3.63, 3.8) is 0 Å². The van der Waals surface area contributed by atoms with Gasteiger partial charge in [-0.05, 0) is 42.5 Å². The Morgan fingerprint density at radius 1 is 1.03 bits per heavy atom. The molecule has 2 aromatic carbocycles. The van der Waals surface area contributed by atoms with Crippen LogP contribution in [-0.4, -0.2) is 45.1 Å². The molecule has 2 fully saturated rings. The van der Waals surface area contributed by atoms with Crippen LogP contribution in [0.1, 0.15) is 24.4 Å². The van der Waals surface area contributed by atoms with Gasteiger partial charge >= 0.3 is 6.03 Å². The fourth-order valence-electron chi connectivity index (χ4n) is 3.54. The first-order chi connectivity index (χ1) is 14.0. The van der Waals surface area contributed by atoms with Crippen LogP contribution in [0.25, 0.3) is 0 Å². The molecule has 2 amide bonds. The monoisotopic (exact) mass is 415 g/mol. The van der Waals surface area contributed by atoms with E-state index in [9.17, 15) is 13.2 Å². The quantitative estimate of drug-likeness (QED) is 0.759. The number of nitrogens with one attached hydrogen (secondary N) is 2. The van der Waals surface area contributed by atoms with Crippen molar-refractivity contribution < 1.29 is 17.9 Å². The summed E-state index contributed by atoms with van der Waals surface area (Å²) in [4.78, 5) is 12.8. The zero-order valence-corrected chi connectivity index (χ0v) is 16.9. The van der Waals surface area contributed by atoms with Crippen molar-refractivity contribution in [2.45, 2.75) is 23.8 Å². The van der Waals surface area contributed by atoms with Crippen molar-refractivity contribution in [3.8, 4) is 0 Å². The van der Waals surface area contributed by atoms with E-state index in [1.807, 2.05) is 30.3 Å². The molecule has 4 rings (SSSR count). The number of hydrogen-bond donors (Lipinski definition) is 2. The van der Waals surface area contributed by atoms with Crippen LogP contribution in [0.15, 0.2) is 59.5 Å². The number of morpholine rings is 1. The van der Waals surface area contributed by atoms with Gasteiger partial charge in [0.2, 0.25) is 10.0 Å². The average Bonchev–Trinajstić information content (AvgIpc) is 3.59. The van der Waals surface area contributed by atoms with Crippen molar-refractivity contribution in [3.05, 3.63) is 60.2 Å². The van der Waals surface area contributed by atoms with Gasteiger partial charge < -0.3 is 15.4 Å². The summed E-state index contributed by atoms with van der Waals surface area (Å²) >= 11 is 0. The Kier molecular flexibility index (Phi) is 5.84. The first-order valence-corrected chi connectivity index (χ1v) is 11.3. The standard InChI is InChI=1S/C21H25N3O4S/c25-21(23-20(17-9-10-17)16-5-2-1-3-6-16)22-18-7-4-8-19(15-18)29(26,27)24-11-13-28-14-12-24/h1-8,15,17,20H,9-14H2,(H2,22,23,25). The van der Waals surface area contributed by atoms with Gasteiger partial charge in [0.25, 0.3) is 0 Å². The number of rotatable bonds is 6. The van der Waals surface area contributed by atoms with E-state index in [1.165, 1.54) is 10.4 Å². The van der Waals surface area contributed by atoms with Crippen molar-refractivity contribution in [2.75, 3.05) is 31.6 Å². The van der Waals surface area contributed by atoms with E-state index in [0.29, 0.717) is 37.9 Å². The Hall–Kier alpha value is -2.42. The molecule has 0 aromatic heterocycles. The molecule has 1 saturated carbocycles. The number of anilines is 1. The number of carbonyl (C=O) groups is 1. The topological polar surface area (TPSA) is 87.7 Å². The normalized spacial score (nSPS) is 18.8. The highest BCUT2D eigenvalue weighted by Crippen LogP contribution is 2.41. The second-order valence-electron chi connectivity index (χ2n) is 7.37. The third-order valence-corrected chi connectivity index (χ3v) is 7.13. The summed E-state index contributed by atoms with van der Waals surface area (Å²) in [6.07, 6.45) is 2.18. The molecule has 154 valence electrons. The van der Waals surface area contributed by atoms with Crippen LogP contribution < -0.4 is 10.6 Å². The fourth-order valence-corrected chi connectivity index (χ4v) is 5.00. The van der Waals surface area contributed by atoms with Crippen LogP contribution in [0.4, 0.5) is 10.5 Å². The number of ether oxygens (including phenoxy) is 1. The van der Waals surface area contributed by atoms with Gasteiger partial charge in [-0.1, -0.05) is 36.4 Å². The number of urea groups is 1. The van der Waals surface area contributed by atoms with Crippen molar-refractivity contribution in [1.29, 1.82) is 0 Å². The lowest BCUT2D eigenvalue weighted by molar-refractivity contribution is 0.0730. The molecular weight excluding hydrogens is 390 g/mol. The third kappa shape index (κ3) is 4.77. The largest absolute Gasteiger partial charge is 0.379 e. The summed E-state index contributed by atoms with van der Waals surface area (Å²) in [5, 5.41) is 5.82. The van der Waals surface area contributed by atoms with Crippen LogP contribution >= 0.6 is 0 Å². The molecule has 2 aromatic rings. The van der Waals surface area contributed by atoms with E-state index in [-0.39, 0.29) is 17.0 Å². The lowest BCUT2D eigenvalue weighted by Crippen LogP contribution is -2.40. The summed E-state index contributed by atoms with van der Waals surface area (Å²) in [6, 6.07) is 15.9. The molecule has 1 aliphatic heterocycles. The fraction of sp³-hybridized carbons (Fsp3) is 0.381. The van der Waals surface area contributed by atoms with Crippen LogP contribution in [0, 0.1) is 5.92 Å². The van der Waals surface area contributed by atoms with Crippen LogP contribution in [0.5, 0.6) is 0 Å². The first kappa shape index (κ1) is 19.9. The van der Waals surface area contributed by atoms with Gasteiger partial charge in [0.15, 0.2) is 0 Å². The highest BCUT2D eigenvalue weighted by molar-refractivity contribution is 7.89. The maximum atomic E-state index is 12.8. The van der Waals surface area contributed by atoms with Gasteiger partial charge in [-0.25, -0.2) is 13.2 Å². The molecule has 1 heterocycles. The van der Waals surface area contributed by atoms with E-state index in [2.05, 4.69) is 10.6 Å². The number of nitrogens with zero attached hydrogens (tertiary/aromatic N) is 1. The second kappa shape index (κ2) is 8.52. The van der Waals surface area contributed by atoms with Crippen molar-refractivity contribution >= 4 is 21.7 Å². The predicted molar refractivity (Wildman–Crippen MR) is 110 cm³/mol. The Bertz CT molecular complexity index is 955. The predicted octanol–water partition coefficient (Wildman–Crippen LogP) is 2.98. The Morgan fingerprint density at radius 3 is 2.45 bits per heavy atom. The lowest BCUT2D eigenvalue weighted by atomic mass is 10.0. The van der Waals surface area contributed by atoms with E-state index >= 15 is 0 Å². The van der Waals surface area contributed by atoms with Gasteiger partial charge in [0.05, 0.1) is 24.2 Å². The van der Waals surface area contributed by atoms with E-state index < -0.39 is 10.0 Å². The number of benzene rings is 2. The van der Waals surface area contributed by atoms with Crippen molar-refractivity contribution in [1.82, 2.24) is 9.62 Å². The van der Waals surface area contributed by atoms with Crippen molar-refractivity contribution in [2.24, 2.45) is 5.92 Å². The summed E-state index contributed by atoms with van der Waals surface area (Å²) in [5.41, 5.74) is 1.52. The molecule has 1 unspecified atom stereocenters. The molecule has 0 spiro atoms. The molecule has 7 nitrogen and oxygen atoms in total. The third-order valence-electron chi connectivity index (χ3n) is 5.24. The molecule has 2 aliphatic rings. The molecule has 0 radical (unpaired) electrons. The van der Waals surface area contributed by atoms with E-state index in [0.717, 1.165) is 18.4 Å². The van der Waals surface area contributed by atoms with E-state index in [4.69, 9.17) is 4.74 Å². The smallest absolute Gasteiger partial charge is 0.319 e. The summed E-state index contributed by atoms with van der Waals surface area (Å²) in [5.74, 6) is 0.441. The van der Waals surface area contributed by atoms with Gasteiger partial charge in [-0.2, -0.15) is 4.31 Å². The van der Waals surface area contributed by atoms with Gasteiger partial charge in [-0.3, -0.25) is 0 Å². The van der Waals surface area contributed by atoms with Gasteiger partial charge in [0, 0.05) is 18.8 Å². The van der Waals surface area contributed by atoms with Crippen LogP contribution in [0.2, 0.25) is 0 Å². The zero-order chi connectivity index (χ0) is 20.3. The molecule has 0 bridgehead atoms. The minimum absolute atomic E-state index is 0.0449. The minimum atomic E-state index is -3.61. The Labute approximate surface area is 171 Å². The summed E-state index contributed by atoms with van der Waals surface area (Å²) < 4.78 is 32.3. The average molecular weight is 416 g/mol. The molecule has 1 aliphatic carbocycles. The molecule has 8 heteroatoms. The van der Waals surface area contributed by atoms with Gasteiger partial charge in [-0.15, -0.1) is 0 Å². The van der Waals surface area contributed by atoms with E-state index in [1.54, 1.807) is 18.2 Å². The SMILES string of the molecule is O=C(Nc1cccc(S(=O)(=O)N2CCOCC2)c1)NC(c1ccccc1)C1CC1. The maximum Gasteiger partial charge on any atom is 0.319 e. The summed E-state index contributed by atoms with van der Waals surface area (Å²) in [6.45, 7) is 1.45. The van der Waals surface area contributed by atoms with Crippen LogP contribution in [-0.2, 0) is 14.8 Å². The van der Waals surface area contributed by atoms with Crippen LogP contribution in [0.3, 0.4) is 0 Å². The lowest BCUT2D eigenvalue weighted by Gasteiger charge is -2.26. The van der Waals surface area contributed by atoms with Gasteiger partial charge in [0.1, 0.15) is 0 Å². The maximum absolute atomic E-state index is 12.8. The molecule has 2 N–H and O–H groups in total. The molecule has 1 atom stereocenters. The number of amides is 2. The second-order valence-corrected chi connectivity index (χ2v) is 9.31. The highest BCUT2D eigenvalue weighted by Gasteiger charge is 2.33. The number of hydrogen-bond acceptors (Lipinski definition) is 4.